The smallest absolute Gasteiger partial charge is 0.463 e. The predicted molar refractivity (Wildman–Crippen MR) is 82.3 cm³/mol. The molecule has 3 rings (SSSR count). The van der Waals surface area contributed by atoms with Crippen molar-refractivity contribution in [2.45, 2.75) is 25.9 Å². The van der Waals surface area contributed by atoms with Crippen LogP contribution in [0.3, 0.4) is 0 Å². The first kappa shape index (κ1) is 19.0. The van der Waals surface area contributed by atoms with Crippen LogP contribution in [-0.2, 0) is 37.8 Å². The Morgan fingerprint density at radius 3 is 2.86 bits per heavy atom. The molecule has 3 nitrogen and oxygen atoms in total. The molecule has 1 aliphatic heterocycles. The minimum Gasteiger partial charge on any atom is -0.463 e. The molecule has 1 heterocycles. The molecule has 1 fully saturated rings. The van der Waals surface area contributed by atoms with Crippen LogP contribution in [0.5, 0.6) is 0 Å². The zero-order valence-electron chi connectivity index (χ0n) is 12.8. The van der Waals surface area contributed by atoms with Gasteiger partial charge in [-0.1, -0.05) is 13.3 Å². The quantitative estimate of drug-likeness (QED) is 0.345. The van der Waals surface area contributed by atoms with E-state index in [9.17, 15) is 4.79 Å². The van der Waals surface area contributed by atoms with Crippen LogP contribution >= 0.6 is 0 Å². The first-order valence-corrected chi connectivity index (χ1v) is 7.41. The van der Waals surface area contributed by atoms with Gasteiger partial charge in [0.25, 0.3) is 0 Å². The molecule has 0 bridgehead atoms. The number of hydrogen-bond donors (Lipinski definition) is 0. The van der Waals surface area contributed by atoms with E-state index in [-0.39, 0.29) is 35.1 Å². The van der Waals surface area contributed by atoms with Crippen molar-refractivity contribution in [3.05, 3.63) is 61.2 Å². The molecule has 0 aromatic heterocycles. The van der Waals surface area contributed by atoms with Gasteiger partial charge in [-0.15, -0.1) is 12.8 Å². The number of rotatable bonds is 6. The molecule has 0 amide bonds. The predicted octanol–water partition coefficient (Wildman–Crippen LogP) is 3.08. The Kier molecular flexibility index (Phi) is 9.14. The molecular weight excluding hydrogens is 320 g/mol. The normalized spacial score (nSPS) is 19.2. The summed E-state index contributed by atoms with van der Waals surface area (Å²) in [6.07, 6.45) is 11.9. The van der Waals surface area contributed by atoms with Crippen LogP contribution in [0.25, 0.3) is 0 Å². The molecule has 2 unspecified atom stereocenters. The fraction of sp³-hybridized carbons (Fsp3) is 0.389. The second kappa shape index (κ2) is 10.6. The van der Waals surface area contributed by atoms with Crippen LogP contribution < -0.4 is 0 Å². The number of carbonyl (C=O) groups is 1. The fourth-order valence-corrected chi connectivity index (χ4v) is 1.88. The Bertz CT molecular complexity index is 429. The number of esters is 1. The molecule has 2 atom stereocenters. The van der Waals surface area contributed by atoms with Gasteiger partial charge in [0, 0.05) is 0 Å². The van der Waals surface area contributed by atoms with Gasteiger partial charge in [0.05, 0.1) is 12.5 Å². The monoisotopic (exact) mass is 342 g/mol. The zero-order chi connectivity index (χ0) is 14.9. The molecule has 4 heteroatoms. The number of allylic oxidation sites excluding steroid dienone is 2. The summed E-state index contributed by atoms with van der Waals surface area (Å²) < 4.78 is 10.1. The molecule has 2 radical (unpaired) electrons. The third-order valence-corrected chi connectivity index (χ3v) is 3.37. The zero-order valence-corrected chi connectivity index (χ0v) is 13.9. The molecular formula is C18H22FeO3. The summed E-state index contributed by atoms with van der Waals surface area (Å²) in [5.74, 6) is -0.143. The molecule has 1 aliphatic carbocycles. The molecule has 22 heavy (non-hydrogen) atoms. The van der Waals surface area contributed by atoms with Gasteiger partial charge in [0.1, 0.15) is 12.7 Å². The first-order chi connectivity index (χ1) is 10.3. The van der Waals surface area contributed by atoms with Crippen molar-refractivity contribution < 1.29 is 31.3 Å². The van der Waals surface area contributed by atoms with Gasteiger partial charge in [-0.05, 0) is 6.42 Å². The van der Waals surface area contributed by atoms with E-state index in [2.05, 4.69) is 12.1 Å². The van der Waals surface area contributed by atoms with E-state index >= 15 is 0 Å². The van der Waals surface area contributed by atoms with Gasteiger partial charge < -0.3 is 9.47 Å². The van der Waals surface area contributed by atoms with Crippen LogP contribution in [-0.4, -0.2) is 25.3 Å². The van der Waals surface area contributed by atoms with Gasteiger partial charge in [-0.2, -0.15) is 17.7 Å². The van der Waals surface area contributed by atoms with Crippen molar-refractivity contribution >= 4 is 5.97 Å². The molecule has 0 N–H and O–H groups in total. The summed E-state index contributed by atoms with van der Waals surface area (Å²) in [7, 11) is 0. The third kappa shape index (κ3) is 7.79. The van der Waals surface area contributed by atoms with Crippen LogP contribution in [0.4, 0.5) is 0 Å². The van der Waals surface area contributed by atoms with Crippen LogP contribution in [0.1, 0.15) is 18.9 Å². The Morgan fingerprint density at radius 2 is 2.36 bits per heavy atom. The van der Waals surface area contributed by atoms with E-state index in [0.717, 1.165) is 19.4 Å². The van der Waals surface area contributed by atoms with E-state index in [1.165, 1.54) is 5.56 Å². The Morgan fingerprint density at radius 1 is 1.55 bits per heavy atom. The van der Waals surface area contributed by atoms with Crippen molar-refractivity contribution in [3.63, 3.8) is 0 Å². The average molecular weight is 342 g/mol. The minimum absolute atomic E-state index is 0. The van der Waals surface area contributed by atoms with Gasteiger partial charge in [-0.3, -0.25) is 4.79 Å². The maximum atomic E-state index is 11.6. The second-order valence-corrected chi connectivity index (χ2v) is 5.28. The van der Waals surface area contributed by atoms with Crippen molar-refractivity contribution in [3.8, 4) is 0 Å². The average Bonchev–Trinajstić information content (AvgIpc) is 3.00. The van der Waals surface area contributed by atoms with Crippen LogP contribution in [0.2, 0.25) is 0 Å². The van der Waals surface area contributed by atoms with E-state index in [0.29, 0.717) is 6.61 Å². The molecule has 2 aliphatic rings. The molecule has 1 aromatic rings. The van der Waals surface area contributed by atoms with Gasteiger partial charge in [-0.25, -0.2) is 30.7 Å². The number of ether oxygens (including phenoxy) is 2. The molecule has 1 saturated heterocycles. The van der Waals surface area contributed by atoms with Gasteiger partial charge in [0.15, 0.2) is 0 Å². The maximum Gasteiger partial charge on any atom is 2.00 e. The summed E-state index contributed by atoms with van der Waals surface area (Å²) in [6.45, 7) is 3.06. The van der Waals surface area contributed by atoms with Crippen LogP contribution in [0, 0.1) is 25.2 Å². The van der Waals surface area contributed by atoms with Crippen molar-refractivity contribution in [1.82, 2.24) is 0 Å². The van der Waals surface area contributed by atoms with E-state index in [4.69, 9.17) is 9.47 Å². The summed E-state index contributed by atoms with van der Waals surface area (Å²) >= 11 is 0. The van der Waals surface area contributed by atoms with Crippen LogP contribution in [0.15, 0.2) is 36.4 Å². The number of aryl methyl sites for hydroxylation is 1. The van der Waals surface area contributed by atoms with Gasteiger partial charge in [0.2, 0.25) is 0 Å². The molecule has 0 saturated carbocycles. The molecule has 120 valence electrons. The van der Waals surface area contributed by atoms with E-state index < -0.39 is 0 Å². The van der Waals surface area contributed by atoms with Crippen molar-refractivity contribution in [1.29, 1.82) is 0 Å². The summed E-state index contributed by atoms with van der Waals surface area (Å²) in [6, 6.07) is 8.19. The van der Waals surface area contributed by atoms with E-state index in [1.807, 2.05) is 50.5 Å². The summed E-state index contributed by atoms with van der Waals surface area (Å²) in [5.41, 5.74) is 1.28. The second-order valence-electron chi connectivity index (χ2n) is 5.28. The van der Waals surface area contributed by atoms with E-state index in [1.54, 1.807) is 0 Å². The molecule has 1 aromatic carbocycles. The standard InChI is InChI=1S/C13H17O3.C5H5.Fe/c1-10(6-7-11-4-2-3-5-11)13(14)16-9-12-8-15-12;1-2-4-5-3-1;/h2-5,10,12H,6-9H2,1H3;1-5H;/q2*-1;+2. The maximum absolute atomic E-state index is 11.6. The first-order valence-electron chi connectivity index (χ1n) is 7.41. The number of hydrogen-bond acceptors (Lipinski definition) is 3. The topological polar surface area (TPSA) is 38.8 Å². The minimum atomic E-state index is -0.109. The van der Waals surface area contributed by atoms with Crippen molar-refractivity contribution in [2.75, 3.05) is 13.2 Å². The summed E-state index contributed by atoms with van der Waals surface area (Å²) in [4.78, 5) is 11.6. The SMILES string of the molecule is CC(CCc1ccc[cH-]1)C(=O)OCC1CO1.[CH]1[CH][CH-]C=C1.[Fe+2]. The Hall–Kier alpha value is -1.09. The largest absolute Gasteiger partial charge is 2.00 e. The Labute approximate surface area is 143 Å². The third-order valence-electron chi connectivity index (χ3n) is 3.37. The molecule has 0 spiro atoms. The Balaban J connectivity index is 0.000000344. The summed E-state index contributed by atoms with van der Waals surface area (Å²) in [5, 5.41) is 0. The number of epoxide rings is 1. The fourth-order valence-electron chi connectivity index (χ4n) is 1.88. The van der Waals surface area contributed by atoms with Crippen molar-refractivity contribution in [2.24, 2.45) is 5.92 Å². The number of carbonyl (C=O) groups excluding carboxylic acids is 1. The van der Waals surface area contributed by atoms with Gasteiger partial charge >= 0.3 is 23.0 Å².